The van der Waals surface area contributed by atoms with E-state index < -0.39 is 5.60 Å². The number of hydrogen-bond acceptors (Lipinski definition) is 1. The first-order chi connectivity index (χ1) is 7.90. The smallest absolute Gasteiger partial charge is 0.0632 e. The Bertz CT molecular complexity index is 537. The molecule has 0 aliphatic heterocycles. The molecule has 0 radical (unpaired) electrons. The molecule has 0 saturated carbocycles. The number of halogens is 1. The van der Waals surface area contributed by atoms with Gasteiger partial charge in [-0.1, -0.05) is 15.9 Å². The fourth-order valence-electron chi connectivity index (χ4n) is 2.21. The van der Waals surface area contributed by atoms with Crippen molar-refractivity contribution in [3.8, 4) is 0 Å². The van der Waals surface area contributed by atoms with Crippen LogP contribution >= 0.6 is 15.9 Å². The van der Waals surface area contributed by atoms with Crippen molar-refractivity contribution in [3.05, 3.63) is 34.4 Å². The van der Waals surface area contributed by atoms with Crippen molar-refractivity contribution in [1.82, 2.24) is 4.57 Å². The zero-order chi connectivity index (χ0) is 12.6. The van der Waals surface area contributed by atoms with E-state index >= 15 is 0 Å². The fourth-order valence-corrected chi connectivity index (χ4v) is 2.57. The highest BCUT2D eigenvalue weighted by molar-refractivity contribution is 9.10. The molecule has 0 fully saturated rings. The molecule has 1 aromatic carbocycles. The van der Waals surface area contributed by atoms with Gasteiger partial charge in [-0.2, -0.15) is 0 Å². The fraction of sp³-hybridized carbons (Fsp3) is 0.429. The van der Waals surface area contributed by atoms with Crippen molar-refractivity contribution < 1.29 is 5.11 Å². The number of fused-ring (bicyclic) bond motifs is 1. The van der Waals surface area contributed by atoms with Crippen molar-refractivity contribution in [2.24, 2.45) is 0 Å². The summed E-state index contributed by atoms with van der Waals surface area (Å²) >= 11 is 3.51. The summed E-state index contributed by atoms with van der Waals surface area (Å²) in [5, 5.41) is 11.2. The largest absolute Gasteiger partial charge is 0.390 e. The second kappa shape index (κ2) is 4.46. The molecular weight excluding hydrogens is 278 g/mol. The molecule has 2 nitrogen and oxygen atoms in total. The molecule has 0 bridgehead atoms. The highest BCUT2D eigenvalue weighted by Gasteiger charge is 2.17. The summed E-state index contributed by atoms with van der Waals surface area (Å²) in [6, 6.07) is 6.31. The molecule has 0 unspecified atom stereocenters. The molecule has 1 N–H and O–H groups in total. The molecule has 0 aliphatic rings. The van der Waals surface area contributed by atoms with Gasteiger partial charge in [-0.3, -0.25) is 0 Å². The van der Waals surface area contributed by atoms with E-state index in [0.29, 0.717) is 6.42 Å². The number of aromatic nitrogens is 1. The average Bonchev–Trinajstić information content (AvgIpc) is 2.54. The summed E-state index contributed by atoms with van der Waals surface area (Å²) in [4.78, 5) is 0. The quantitative estimate of drug-likeness (QED) is 0.917. The highest BCUT2D eigenvalue weighted by Crippen LogP contribution is 2.27. The molecule has 2 rings (SSSR count). The van der Waals surface area contributed by atoms with Crippen molar-refractivity contribution in [2.75, 3.05) is 0 Å². The molecule has 1 heterocycles. The lowest BCUT2D eigenvalue weighted by Gasteiger charge is -2.16. The van der Waals surface area contributed by atoms with Crippen molar-refractivity contribution in [3.63, 3.8) is 0 Å². The molecule has 92 valence electrons. The van der Waals surface area contributed by atoms with Crippen molar-refractivity contribution >= 4 is 26.8 Å². The summed E-state index contributed by atoms with van der Waals surface area (Å²) in [6.07, 6.45) is 2.82. The minimum Gasteiger partial charge on any atom is -0.390 e. The zero-order valence-electron chi connectivity index (χ0n) is 10.5. The van der Waals surface area contributed by atoms with E-state index in [1.54, 1.807) is 0 Å². The van der Waals surface area contributed by atoms with Gasteiger partial charge in [0.05, 0.1) is 5.60 Å². The Kier molecular flexibility index (Phi) is 3.32. The Hall–Kier alpha value is -0.800. The Morgan fingerprint density at radius 3 is 2.65 bits per heavy atom. The van der Waals surface area contributed by atoms with Crippen LogP contribution in [0.5, 0.6) is 0 Å². The minimum absolute atomic E-state index is 0.671. The van der Waals surface area contributed by atoms with Gasteiger partial charge in [0.1, 0.15) is 0 Å². The van der Waals surface area contributed by atoms with Gasteiger partial charge in [0.25, 0.3) is 0 Å². The van der Waals surface area contributed by atoms with Crippen molar-refractivity contribution in [2.45, 2.75) is 39.3 Å². The number of aryl methyl sites for hydroxylation is 1. The first-order valence-corrected chi connectivity index (χ1v) is 6.69. The summed E-state index contributed by atoms with van der Waals surface area (Å²) in [7, 11) is 0. The van der Waals surface area contributed by atoms with Gasteiger partial charge in [-0.25, -0.2) is 0 Å². The summed E-state index contributed by atoms with van der Waals surface area (Å²) in [6.45, 7) is 6.78. The van der Waals surface area contributed by atoms with E-state index in [1.807, 2.05) is 13.8 Å². The average molecular weight is 296 g/mol. The van der Waals surface area contributed by atoms with E-state index in [2.05, 4.69) is 51.8 Å². The maximum atomic E-state index is 9.96. The van der Waals surface area contributed by atoms with Gasteiger partial charge in [0, 0.05) is 34.5 Å². The standard InChI is InChI=1S/C14H18BrNO/c1-4-16-9-10(8-14(2,3)17)12-7-11(15)5-6-13(12)16/h5-7,9,17H,4,8H2,1-3H3. The van der Waals surface area contributed by atoms with Gasteiger partial charge < -0.3 is 9.67 Å². The van der Waals surface area contributed by atoms with Crippen LogP contribution in [-0.4, -0.2) is 15.3 Å². The third-order valence-electron chi connectivity index (χ3n) is 2.89. The summed E-state index contributed by atoms with van der Waals surface area (Å²) in [5.74, 6) is 0. The molecule has 0 spiro atoms. The normalized spacial score (nSPS) is 12.3. The number of aliphatic hydroxyl groups is 1. The number of nitrogens with zero attached hydrogens (tertiary/aromatic N) is 1. The van der Waals surface area contributed by atoms with Gasteiger partial charge >= 0.3 is 0 Å². The third-order valence-corrected chi connectivity index (χ3v) is 3.38. The Balaban J connectivity index is 2.58. The molecular formula is C14H18BrNO. The second-order valence-corrected chi connectivity index (χ2v) is 6.01. The monoisotopic (exact) mass is 295 g/mol. The minimum atomic E-state index is -0.671. The topological polar surface area (TPSA) is 25.2 Å². The van der Waals surface area contributed by atoms with Crippen LogP contribution in [0.2, 0.25) is 0 Å². The van der Waals surface area contributed by atoms with Crippen LogP contribution in [0.1, 0.15) is 26.3 Å². The molecule has 2 aromatic rings. The maximum absolute atomic E-state index is 9.96. The van der Waals surface area contributed by atoms with Crippen LogP contribution in [0.3, 0.4) is 0 Å². The highest BCUT2D eigenvalue weighted by atomic mass is 79.9. The van der Waals surface area contributed by atoms with Crippen LogP contribution in [0.25, 0.3) is 10.9 Å². The number of benzene rings is 1. The van der Waals surface area contributed by atoms with Crippen molar-refractivity contribution in [1.29, 1.82) is 0 Å². The van der Waals surface area contributed by atoms with Gasteiger partial charge in [0.15, 0.2) is 0 Å². The van der Waals surface area contributed by atoms with E-state index in [4.69, 9.17) is 0 Å². The lowest BCUT2D eigenvalue weighted by Crippen LogP contribution is -2.21. The molecule has 0 aliphatic carbocycles. The Morgan fingerprint density at radius 2 is 2.06 bits per heavy atom. The molecule has 1 aromatic heterocycles. The number of rotatable bonds is 3. The number of hydrogen-bond donors (Lipinski definition) is 1. The van der Waals surface area contributed by atoms with E-state index in [9.17, 15) is 5.11 Å². The second-order valence-electron chi connectivity index (χ2n) is 5.09. The molecule has 0 amide bonds. The predicted octanol–water partition coefficient (Wildman–Crippen LogP) is 3.74. The van der Waals surface area contributed by atoms with Crippen LogP contribution in [0.4, 0.5) is 0 Å². The lowest BCUT2D eigenvalue weighted by atomic mass is 9.98. The van der Waals surface area contributed by atoms with Crippen LogP contribution in [0, 0.1) is 0 Å². The molecule has 17 heavy (non-hydrogen) atoms. The third kappa shape index (κ3) is 2.72. The van der Waals surface area contributed by atoms with Gasteiger partial charge in [-0.15, -0.1) is 0 Å². The molecule has 0 atom stereocenters. The Morgan fingerprint density at radius 1 is 1.35 bits per heavy atom. The van der Waals surface area contributed by atoms with Crippen LogP contribution in [-0.2, 0) is 13.0 Å². The van der Waals surface area contributed by atoms with Crippen LogP contribution in [0.15, 0.2) is 28.9 Å². The predicted molar refractivity (Wildman–Crippen MR) is 75.3 cm³/mol. The summed E-state index contributed by atoms with van der Waals surface area (Å²) < 4.78 is 3.30. The van der Waals surface area contributed by atoms with E-state index in [0.717, 1.165) is 11.0 Å². The van der Waals surface area contributed by atoms with Gasteiger partial charge in [0.2, 0.25) is 0 Å². The maximum Gasteiger partial charge on any atom is 0.0632 e. The SMILES string of the molecule is CCn1cc(CC(C)(C)O)c2cc(Br)ccc21. The van der Waals surface area contributed by atoms with Gasteiger partial charge in [-0.05, 0) is 44.5 Å². The first kappa shape index (κ1) is 12.7. The lowest BCUT2D eigenvalue weighted by molar-refractivity contribution is 0.0813. The van der Waals surface area contributed by atoms with E-state index in [1.165, 1.54) is 16.5 Å². The van der Waals surface area contributed by atoms with E-state index in [-0.39, 0.29) is 0 Å². The molecule has 0 saturated heterocycles. The van der Waals surface area contributed by atoms with Crippen LogP contribution < -0.4 is 0 Å². The molecule has 3 heteroatoms. The summed E-state index contributed by atoms with van der Waals surface area (Å²) in [5.41, 5.74) is 1.76. The zero-order valence-corrected chi connectivity index (χ0v) is 12.1. The Labute approximate surface area is 110 Å². The first-order valence-electron chi connectivity index (χ1n) is 5.90.